The lowest BCUT2D eigenvalue weighted by molar-refractivity contribution is 1.08. The van der Waals surface area contributed by atoms with Crippen molar-refractivity contribution in [3.63, 3.8) is 0 Å². The zero-order valence-electron chi connectivity index (χ0n) is 26.5. The fourth-order valence-electron chi connectivity index (χ4n) is 7.41. The Hall–Kier alpha value is -6.65. The van der Waals surface area contributed by atoms with Crippen molar-refractivity contribution in [2.75, 3.05) is 0 Å². The molecule has 228 valence electrons. The van der Waals surface area contributed by atoms with E-state index in [1.54, 1.807) is 0 Å². The van der Waals surface area contributed by atoms with Crippen molar-refractivity contribution in [1.82, 2.24) is 19.4 Å². The summed E-state index contributed by atoms with van der Waals surface area (Å²) in [5, 5.41) is 4.95. The highest BCUT2D eigenvalue weighted by Crippen LogP contribution is 2.41. The zero-order valence-corrected chi connectivity index (χ0v) is 26.5. The second kappa shape index (κ2) is 11.0. The van der Waals surface area contributed by atoms with Crippen LogP contribution in [0.25, 0.3) is 94.5 Å². The number of aromatic nitrogens is 4. The quantitative estimate of drug-likeness (QED) is 0.191. The second-order valence-electron chi connectivity index (χ2n) is 12.4. The van der Waals surface area contributed by atoms with Gasteiger partial charge in [-0.25, -0.2) is 15.0 Å². The van der Waals surface area contributed by atoms with Crippen LogP contribution in [0.15, 0.2) is 170 Å². The van der Waals surface area contributed by atoms with E-state index in [1.165, 1.54) is 38.1 Å². The first kappa shape index (κ1) is 27.5. The third-order valence-electron chi connectivity index (χ3n) is 9.62. The molecule has 0 amide bonds. The summed E-state index contributed by atoms with van der Waals surface area (Å²) in [6.45, 7) is 0. The number of benzene rings is 7. The van der Waals surface area contributed by atoms with E-state index in [9.17, 15) is 0 Å². The molecule has 4 heteroatoms. The highest BCUT2D eigenvalue weighted by Gasteiger charge is 2.20. The molecule has 0 radical (unpaired) electrons. The molecular formula is C45H28N4. The van der Waals surface area contributed by atoms with E-state index in [1.807, 2.05) is 12.1 Å². The minimum absolute atomic E-state index is 0.641. The van der Waals surface area contributed by atoms with Gasteiger partial charge in [-0.15, -0.1) is 0 Å². The monoisotopic (exact) mass is 624 g/mol. The Morgan fingerprint density at radius 2 is 0.776 bits per heavy atom. The molecular weight excluding hydrogens is 597 g/mol. The first-order valence-electron chi connectivity index (χ1n) is 16.5. The van der Waals surface area contributed by atoms with Crippen molar-refractivity contribution < 1.29 is 0 Å². The minimum atomic E-state index is 0.641. The van der Waals surface area contributed by atoms with Crippen LogP contribution in [0, 0.1) is 0 Å². The zero-order chi connectivity index (χ0) is 32.3. The summed E-state index contributed by atoms with van der Waals surface area (Å²) in [6, 6.07) is 59.5. The van der Waals surface area contributed by atoms with Gasteiger partial charge in [0.05, 0.1) is 16.6 Å². The molecule has 0 unspecified atom stereocenters. The first-order chi connectivity index (χ1) is 24.3. The molecule has 0 spiro atoms. The second-order valence-corrected chi connectivity index (χ2v) is 12.4. The maximum absolute atomic E-state index is 5.22. The van der Waals surface area contributed by atoms with Gasteiger partial charge in [0.1, 0.15) is 0 Å². The summed E-state index contributed by atoms with van der Waals surface area (Å²) in [6.07, 6.45) is 0. The third kappa shape index (κ3) is 4.35. The van der Waals surface area contributed by atoms with Gasteiger partial charge in [0.15, 0.2) is 17.5 Å². The summed E-state index contributed by atoms with van der Waals surface area (Å²) in [7, 11) is 0. The number of hydrogen-bond donors (Lipinski definition) is 0. The van der Waals surface area contributed by atoms with E-state index in [-0.39, 0.29) is 0 Å². The molecule has 10 aromatic rings. The van der Waals surface area contributed by atoms with E-state index in [0.717, 1.165) is 38.9 Å². The number of fused-ring (bicyclic) bond motifs is 6. The van der Waals surface area contributed by atoms with Gasteiger partial charge in [0.2, 0.25) is 0 Å². The Bertz CT molecular complexity index is 2720. The molecule has 0 aliphatic rings. The highest BCUT2D eigenvalue weighted by atomic mass is 15.0. The minimum Gasteiger partial charge on any atom is -0.308 e. The Labute approximate surface area is 283 Å². The molecule has 0 saturated carbocycles. The van der Waals surface area contributed by atoms with Gasteiger partial charge in [0, 0.05) is 38.2 Å². The van der Waals surface area contributed by atoms with Gasteiger partial charge in [-0.1, -0.05) is 146 Å². The number of rotatable bonds is 5. The van der Waals surface area contributed by atoms with E-state index in [4.69, 9.17) is 15.0 Å². The Morgan fingerprint density at radius 3 is 1.41 bits per heavy atom. The predicted octanol–water partition coefficient (Wildman–Crippen LogP) is 11.4. The lowest BCUT2D eigenvalue weighted by Crippen LogP contribution is -2.02. The molecule has 10 rings (SSSR count). The molecule has 0 fully saturated rings. The Kier molecular flexibility index (Phi) is 6.15. The molecule has 3 aromatic heterocycles. The predicted molar refractivity (Wildman–Crippen MR) is 202 cm³/mol. The first-order valence-corrected chi connectivity index (χ1v) is 16.5. The largest absolute Gasteiger partial charge is 0.308 e. The molecule has 0 aliphatic heterocycles. The van der Waals surface area contributed by atoms with Crippen LogP contribution in [0.5, 0.6) is 0 Å². The molecule has 0 aliphatic carbocycles. The summed E-state index contributed by atoms with van der Waals surface area (Å²) < 4.78 is 2.40. The lowest BCUT2D eigenvalue weighted by atomic mass is 9.98. The summed E-state index contributed by atoms with van der Waals surface area (Å²) in [5.74, 6) is 1.92. The van der Waals surface area contributed by atoms with E-state index >= 15 is 0 Å². The van der Waals surface area contributed by atoms with Crippen LogP contribution < -0.4 is 0 Å². The molecule has 0 N–H and O–H groups in total. The molecule has 0 bridgehead atoms. The molecule has 7 aromatic carbocycles. The normalized spacial score (nSPS) is 11.7. The van der Waals surface area contributed by atoms with Crippen LogP contribution in [0.4, 0.5) is 0 Å². The van der Waals surface area contributed by atoms with E-state index in [2.05, 4.69) is 162 Å². The summed E-state index contributed by atoms with van der Waals surface area (Å²) in [4.78, 5) is 15.6. The van der Waals surface area contributed by atoms with Crippen molar-refractivity contribution in [2.24, 2.45) is 0 Å². The van der Waals surface area contributed by atoms with Crippen LogP contribution in [-0.2, 0) is 0 Å². The fourth-order valence-corrected chi connectivity index (χ4v) is 7.41. The van der Waals surface area contributed by atoms with Gasteiger partial charge in [0.25, 0.3) is 0 Å². The van der Waals surface area contributed by atoms with Crippen LogP contribution in [-0.4, -0.2) is 19.4 Å². The third-order valence-corrected chi connectivity index (χ3v) is 9.62. The maximum Gasteiger partial charge on any atom is 0.164 e. The topological polar surface area (TPSA) is 43.1 Å². The number of nitrogens with zero attached hydrogens (tertiary/aromatic N) is 4. The van der Waals surface area contributed by atoms with Gasteiger partial charge in [-0.05, 0) is 46.5 Å². The maximum atomic E-state index is 5.22. The average Bonchev–Trinajstić information content (AvgIpc) is 3.70. The van der Waals surface area contributed by atoms with Crippen LogP contribution in [0.2, 0.25) is 0 Å². The smallest absolute Gasteiger partial charge is 0.164 e. The lowest BCUT2D eigenvalue weighted by Gasteiger charge is -2.14. The standard InChI is InChI=1S/C45H28N4/c1-3-14-29(15-4-1)32-18-7-9-21-37(32)44-46-43(47-45(48-44)38-22-10-8-19-33(38)30-16-5-2-6-17-30)31-26-27-41-39(28-31)36-24-13-23-35-34-20-11-12-25-40(34)49(41)42(35)36/h1-28H. The molecule has 49 heavy (non-hydrogen) atoms. The fraction of sp³-hybridized carbons (Fsp3) is 0. The van der Waals surface area contributed by atoms with E-state index < -0.39 is 0 Å². The van der Waals surface area contributed by atoms with Crippen molar-refractivity contribution in [3.05, 3.63) is 170 Å². The van der Waals surface area contributed by atoms with Crippen molar-refractivity contribution in [2.45, 2.75) is 0 Å². The molecule has 3 heterocycles. The SMILES string of the molecule is c1ccc(-c2ccccc2-c2nc(-c3ccc4c(c3)c3cccc5c6ccccc6n4c53)nc(-c3ccccc3-c3ccccc3)n2)cc1. The van der Waals surface area contributed by atoms with Crippen LogP contribution >= 0.6 is 0 Å². The molecule has 0 atom stereocenters. The molecule has 4 nitrogen and oxygen atoms in total. The van der Waals surface area contributed by atoms with Crippen LogP contribution in [0.1, 0.15) is 0 Å². The van der Waals surface area contributed by atoms with Crippen molar-refractivity contribution in [1.29, 1.82) is 0 Å². The summed E-state index contributed by atoms with van der Waals surface area (Å²) in [5.41, 5.74) is 10.9. The van der Waals surface area contributed by atoms with Gasteiger partial charge < -0.3 is 4.40 Å². The van der Waals surface area contributed by atoms with Crippen molar-refractivity contribution in [3.8, 4) is 56.4 Å². The van der Waals surface area contributed by atoms with Crippen molar-refractivity contribution >= 4 is 38.1 Å². The molecule has 0 saturated heterocycles. The van der Waals surface area contributed by atoms with Gasteiger partial charge >= 0.3 is 0 Å². The average molecular weight is 625 g/mol. The number of hydrogen-bond acceptors (Lipinski definition) is 3. The van der Waals surface area contributed by atoms with E-state index in [0.29, 0.717) is 17.5 Å². The Morgan fingerprint density at radius 1 is 0.306 bits per heavy atom. The number of para-hydroxylation sites is 2. The summed E-state index contributed by atoms with van der Waals surface area (Å²) >= 11 is 0. The van der Waals surface area contributed by atoms with Crippen LogP contribution in [0.3, 0.4) is 0 Å². The van der Waals surface area contributed by atoms with Gasteiger partial charge in [-0.2, -0.15) is 0 Å². The van der Waals surface area contributed by atoms with Gasteiger partial charge in [-0.3, -0.25) is 0 Å². The highest BCUT2D eigenvalue weighted by molar-refractivity contribution is 6.23. The Balaban J connectivity index is 1.23.